The summed E-state index contributed by atoms with van der Waals surface area (Å²) in [5.41, 5.74) is 0. The summed E-state index contributed by atoms with van der Waals surface area (Å²) >= 11 is 0. The highest BCUT2D eigenvalue weighted by Crippen LogP contribution is 2.25. The molecule has 0 aromatic rings. The van der Waals surface area contributed by atoms with Gasteiger partial charge >= 0.3 is 11.9 Å². The normalized spacial score (nSPS) is 27.5. The maximum absolute atomic E-state index is 12.4. The third kappa shape index (κ3) is 4.11. The predicted octanol–water partition coefficient (Wildman–Crippen LogP) is 1.74. The minimum Gasteiger partial charge on any atom is -0.461 e. The van der Waals surface area contributed by atoms with Gasteiger partial charge in [0.15, 0.2) is 0 Å². The van der Waals surface area contributed by atoms with E-state index in [0.717, 1.165) is 19.3 Å². The van der Waals surface area contributed by atoms with Crippen molar-refractivity contribution in [1.29, 1.82) is 0 Å². The lowest BCUT2D eigenvalue weighted by atomic mass is 9.88. The Kier molecular flexibility index (Phi) is 4.02. The summed E-state index contributed by atoms with van der Waals surface area (Å²) in [7, 11) is 0. The van der Waals surface area contributed by atoms with Gasteiger partial charge in [0, 0.05) is 6.92 Å². The standard InChI is InChI=1S/C10H16F2O3/c1-10(11,12)9(14)15-6-7-3-2-4-8(13)5-7/h7-8,13H,2-6H2,1H3. The fourth-order valence-corrected chi connectivity index (χ4v) is 1.73. The molecule has 0 heterocycles. The van der Waals surface area contributed by atoms with Crippen LogP contribution in [-0.2, 0) is 9.53 Å². The average Bonchev–Trinajstić information content (AvgIpc) is 2.12. The number of hydrogen-bond acceptors (Lipinski definition) is 3. The van der Waals surface area contributed by atoms with Crippen LogP contribution in [0.5, 0.6) is 0 Å². The number of carbonyl (C=O) groups is 1. The molecule has 0 aromatic heterocycles. The van der Waals surface area contributed by atoms with Crippen LogP contribution in [0.3, 0.4) is 0 Å². The molecule has 0 aliphatic heterocycles. The number of ether oxygens (including phenoxy) is 1. The van der Waals surface area contributed by atoms with E-state index in [-0.39, 0.29) is 18.6 Å². The highest BCUT2D eigenvalue weighted by atomic mass is 19.3. The smallest absolute Gasteiger partial charge is 0.376 e. The second-order valence-electron chi connectivity index (χ2n) is 4.17. The van der Waals surface area contributed by atoms with Crippen LogP contribution in [0.15, 0.2) is 0 Å². The maximum Gasteiger partial charge on any atom is 0.376 e. The monoisotopic (exact) mass is 222 g/mol. The van der Waals surface area contributed by atoms with Crippen molar-refractivity contribution in [3.63, 3.8) is 0 Å². The van der Waals surface area contributed by atoms with E-state index in [1.54, 1.807) is 0 Å². The Balaban J connectivity index is 2.28. The van der Waals surface area contributed by atoms with Crippen molar-refractivity contribution in [3.05, 3.63) is 0 Å². The van der Waals surface area contributed by atoms with E-state index < -0.39 is 11.9 Å². The quantitative estimate of drug-likeness (QED) is 0.740. The first kappa shape index (κ1) is 12.4. The van der Waals surface area contributed by atoms with Gasteiger partial charge in [-0.2, -0.15) is 8.78 Å². The molecule has 3 nitrogen and oxygen atoms in total. The molecule has 1 fully saturated rings. The van der Waals surface area contributed by atoms with Crippen molar-refractivity contribution in [2.75, 3.05) is 6.61 Å². The van der Waals surface area contributed by atoms with Gasteiger partial charge in [-0.15, -0.1) is 0 Å². The van der Waals surface area contributed by atoms with Gasteiger partial charge in [0.25, 0.3) is 0 Å². The molecule has 88 valence electrons. The van der Waals surface area contributed by atoms with Crippen molar-refractivity contribution in [2.24, 2.45) is 5.92 Å². The fraction of sp³-hybridized carbons (Fsp3) is 0.900. The Morgan fingerprint density at radius 2 is 2.20 bits per heavy atom. The minimum atomic E-state index is -3.42. The van der Waals surface area contributed by atoms with E-state index in [4.69, 9.17) is 0 Å². The van der Waals surface area contributed by atoms with Crippen LogP contribution in [0.1, 0.15) is 32.6 Å². The summed E-state index contributed by atoms with van der Waals surface area (Å²) < 4.78 is 29.3. The lowest BCUT2D eigenvalue weighted by Gasteiger charge is -2.25. The second kappa shape index (κ2) is 4.88. The van der Waals surface area contributed by atoms with Crippen molar-refractivity contribution >= 4 is 5.97 Å². The first-order valence-corrected chi connectivity index (χ1v) is 5.12. The Bertz CT molecular complexity index is 225. The van der Waals surface area contributed by atoms with Crippen LogP contribution >= 0.6 is 0 Å². The molecule has 15 heavy (non-hydrogen) atoms. The molecule has 1 aliphatic rings. The third-order valence-corrected chi connectivity index (χ3v) is 2.56. The van der Waals surface area contributed by atoms with Crippen LogP contribution in [0.25, 0.3) is 0 Å². The molecule has 0 aromatic carbocycles. The van der Waals surface area contributed by atoms with Gasteiger partial charge in [-0.25, -0.2) is 4.79 Å². The molecule has 1 saturated carbocycles. The number of rotatable bonds is 3. The van der Waals surface area contributed by atoms with Crippen molar-refractivity contribution < 1.29 is 23.4 Å². The Morgan fingerprint density at radius 1 is 1.53 bits per heavy atom. The van der Waals surface area contributed by atoms with Gasteiger partial charge in [0.05, 0.1) is 12.7 Å². The molecule has 0 radical (unpaired) electrons. The summed E-state index contributed by atoms with van der Waals surface area (Å²) in [5.74, 6) is -4.89. The van der Waals surface area contributed by atoms with Gasteiger partial charge in [-0.05, 0) is 25.2 Å². The predicted molar refractivity (Wildman–Crippen MR) is 49.5 cm³/mol. The second-order valence-corrected chi connectivity index (χ2v) is 4.17. The van der Waals surface area contributed by atoms with Gasteiger partial charge in [-0.3, -0.25) is 0 Å². The van der Waals surface area contributed by atoms with Gasteiger partial charge in [0.2, 0.25) is 0 Å². The third-order valence-electron chi connectivity index (χ3n) is 2.56. The topological polar surface area (TPSA) is 46.5 Å². The molecule has 1 N–H and O–H groups in total. The number of esters is 1. The van der Waals surface area contributed by atoms with E-state index in [1.165, 1.54) is 0 Å². The zero-order valence-corrected chi connectivity index (χ0v) is 8.71. The molecule has 5 heteroatoms. The van der Waals surface area contributed by atoms with E-state index in [9.17, 15) is 18.7 Å². The largest absolute Gasteiger partial charge is 0.461 e. The molecule has 2 unspecified atom stereocenters. The van der Waals surface area contributed by atoms with E-state index in [1.807, 2.05) is 0 Å². The zero-order chi connectivity index (χ0) is 11.5. The summed E-state index contributed by atoms with van der Waals surface area (Å²) in [4.78, 5) is 10.8. The number of alkyl halides is 2. The van der Waals surface area contributed by atoms with Crippen LogP contribution in [0, 0.1) is 5.92 Å². The molecule has 1 aliphatic carbocycles. The summed E-state index contributed by atoms with van der Waals surface area (Å²) in [6.07, 6.45) is 2.56. The van der Waals surface area contributed by atoms with E-state index in [2.05, 4.69) is 4.74 Å². The maximum atomic E-state index is 12.4. The van der Waals surface area contributed by atoms with E-state index >= 15 is 0 Å². The summed E-state index contributed by atoms with van der Waals surface area (Å²) in [6, 6.07) is 0. The average molecular weight is 222 g/mol. The molecule has 0 bridgehead atoms. The fourth-order valence-electron chi connectivity index (χ4n) is 1.73. The first-order chi connectivity index (χ1) is 6.89. The number of halogens is 2. The van der Waals surface area contributed by atoms with Crippen LogP contribution < -0.4 is 0 Å². The molecule has 0 saturated heterocycles. The molecular weight excluding hydrogens is 206 g/mol. The van der Waals surface area contributed by atoms with E-state index in [0.29, 0.717) is 13.3 Å². The van der Waals surface area contributed by atoms with Crippen LogP contribution in [0.2, 0.25) is 0 Å². The Hall–Kier alpha value is -0.710. The van der Waals surface area contributed by atoms with Gasteiger partial charge < -0.3 is 9.84 Å². The molecule has 2 atom stereocenters. The number of aliphatic hydroxyl groups is 1. The molecule has 0 amide bonds. The SMILES string of the molecule is CC(F)(F)C(=O)OCC1CCCC(O)C1. The summed E-state index contributed by atoms with van der Waals surface area (Å²) in [5, 5.41) is 9.32. The molecule has 1 rings (SSSR count). The minimum absolute atomic E-state index is 0.0139. The van der Waals surface area contributed by atoms with Gasteiger partial charge in [-0.1, -0.05) is 6.42 Å². The van der Waals surface area contributed by atoms with Crippen LogP contribution in [-0.4, -0.2) is 29.7 Å². The molecular formula is C10H16F2O3. The highest BCUT2D eigenvalue weighted by molar-refractivity contribution is 5.76. The molecule has 0 spiro atoms. The number of carbonyl (C=O) groups excluding carboxylic acids is 1. The van der Waals surface area contributed by atoms with Crippen LogP contribution in [0.4, 0.5) is 8.78 Å². The lowest BCUT2D eigenvalue weighted by Crippen LogP contribution is -2.30. The lowest BCUT2D eigenvalue weighted by molar-refractivity contribution is -0.171. The Morgan fingerprint density at radius 3 is 2.73 bits per heavy atom. The summed E-state index contributed by atoms with van der Waals surface area (Å²) in [6.45, 7) is 0.504. The first-order valence-electron chi connectivity index (χ1n) is 5.12. The zero-order valence-electron chi connectivity index (χ0n) is 8.71. The van der Waals surface area contributed by atoms with Crippen molar-refractivity contribution in [3.8, 4) is 0 Å². The van der Waals surface area contributed by atoms with Crippen molar-refractivity contribution in [2.45, 2.75) is 44.6 Å². The Labute approximate surface area is 87.4 Å². The van der Waals surface area contributed by atoms with Crippen molar-refractivity contribution in [1.82, 2.24) is 0 Å². The van der Waals surface area contributed by atoms with Gasteiger partial charge in [0.1, 0.15) is 0 Å². The number of aliphatic hydroxyl groups excluding tert-OH is 1. The highest BCUT2D eigenvalue weighted by Gasteiger charge is 2.35. The number of hydrogen-bond donors (Lipinski definition) is 1.